The number of benzene rings is 1. The van der Waals surface area contributed by atoms with Crippen molar-refractivity contribution < 1.29 is 4.39 Å². The van der Waals surface area contributed by atoms with Gasteiger partial charge in [0.2, 0.25) is 0 Å². The fraction of sp³-hybridized carbons (Fsp3) is 0.333. The monoisotopic (exact) mass is 227 g/mol. The molecule has 82 valence electrons. The van der Waals surface area contributed by atoms with Gasteiger partial charge in [-0.15, -0.1) is 6.58 Å². The molecule has 0 saturated carbocycles. The molecular weight excluding hydrogens is 213 g/mol. The number of halogens is 2. The van der Waals surface area contributed by atoms with Gasteiger partial charge >= 0.3 is 0 Å². The van der Waals surface area contributed by atoms with E-state index < -0.39 is 5.82 Å². The van der Waals surface area contributed by atoms with E-state index in [1.807, 2.05) is 6.92 Å². The first-order valence-electron chi connectivity index (χ1n) is 4.85. The summed E-state index contributed by atoms with van der Waals surface area (Å²) in [7, 11) is 0. The molecule has 2 N–H and O–H groups in total. The van der Waals surface area contributed by atoms with Gasteiger partial charge in [0, 0.05) is 6.04 Å². The van der Waals surface area contributed by atoms with E-state index in [9.17, 15) is 4.39 Å². The van der Waals surface area contributed by atoms with Crippen molar-refractivity contribution in [2.24, 2.45) is 5.73 Å². The summed E-state index contributed by atoms with van der Waals surface area (Å²) < 4.78 is 13.1. The van der Waals surface area contributed by atoms with Crippen molar-refractivity contribution in [2.45, 2.75) is 25.8 Å². The molecule has 0 heterocycles. The Labute approximate surface area is 94.7 Å². The molecule has 1 unspecified atom stereocenters. The molecule has 0 radical (unpaired) electrons. The van der Waals surface area contributed by atoms with Crippen LogP contribution in [0.25, 0.3) is 0 Å². The zero-order valence-electron chi connectivity index (χ0n) is 8.76. The predicted octanol–water partition coefficient (Wildman–Crippen LogP) is 3.84. The van der Waals surface area contributed by atoms with Crippen LogP contribution in [-0.2, 0) is 0 Å². The van der Waals surface area contributed by atoms with Crippen LogP contribution in [0.3, 0.4) is 0 Å². The van der Waals surface area contributed by atoms with E-state index in [0.717, 1.165) is 24.0 Å². The Balaban J connectivity index is 2.69. The highest BCUT2D eigenvalue weighted by Crippen LogP contribution is 2.22. The zero-order chi connectivity index (χ0) is 11.4. The molecule has 15 heavy (non-hydrogen) atoms. The van der Waals surface area contributed by atoms with E-state index in [4.69, 9.17) is 17.3 Å². The number of nitrogens with two attached hydrogens (primary N) is 1. The molecule has 0 bridgehead atoms. The van der Waals surface area contributed by atoms with Gasteiger partial charge < -0.3 is 5.73 Å². The first-order valence-corrected chi connectivity index (χ1v) is 5.23. The third-order valence-corrected chi connectivity index (χ3v) is 2.56. The average molecular weight is 228 g/mol. The third kappa shape index (κ3) is 3.65. The number of rotatable bonds is 4. The summed E-state index contributed by atoms with van der Waals surface area (Å²) in [6.45, 7) is 5.76. The lowest BCUT2D eigenvalue weighted by atomic mass is 10.0. The number of hydrogen-bond acceptors (Lipinski definition) is 1. The Bertz CT molecular complexity index is 363. The smallest absolute Gasteiger partial charge is 0.142 e. The molecule has 0 aliphatic carbocycles. The first kappa shape index (κ1) is 12.2. The topological polar surface area (TPSA) is 26.0 Å². The quantitative estimate of drug-likeness (QED) is 0.778. The summed E-state index contributed by atoms with van der Waals surface area (Å²) in [6, 6.07) is 4.53. The van der Waals surface area contributed by atoms with Crippen molar-refractivity contribution >= 4 is 11.6 Å². The molecule has 1 aromatic carbocycles. The van der Waals surface area contributed by atoms with Crippen molar-refractivity contribution in [3.05, 3.63) is 46.8 Å². The van der Waals surface area contributed by atoms with Crippen molar-refractivity contribution in [3.8, 4) is 0 Å². The van der Waals surface area contributed by atoms with E-state index in [-0.39, 0.29) is 11.1 Å². The van der Waals surface area contributed by atoms with Gasteiger partial charge in [0.25, 0.3) is 0 Å². The molecule has 0 aliphatic rings. The van der Waals surface area contributed by atoms with Crippen molar-refractivity contribution in [2.75, 3.05) is 0 Å². The molecule has 1 aromatic rings. The second-order valence-electron chi connectivity index (χ2n) is 3.78. The molecule has 1 nitrogen and oxygen atoms in total. The van der Waals surface area contributed by atoms with Gasteiger partial charge in [0.05, 0.1) is 5.02 Å². The average Bonchev–Trinajstić information content (AvgIpc) is 2.18. The Morgan fingerprint density at radius 3 is 2.80 bits per heavy atom. The maximum atomic E-state index is 13.1. The lowest BCUT2D eigenvalue weighted by molar-refractivity contribution is 0.609. The van der Waals surface area contributed by atoms with Crippen LogP contribution in [0.5, 0.6) is 0 Å². The minimum atomic E-state index is -0.417. The molecule has 0 spiro atoms. The Kier molecular flexibility index (Phi) is 4.30. The molecule has 1 rings (SSSR count). The van der Waals surface area contributed by atoms with Crippen LogP contribution in [0.4, 0.5) is 4.39 Å². The molecule has 0 fully saturated rings. The second kappa shape index (κ2) is 5.29. The SMILES string of the molecule is C=C(C)CCC(N)c1ccc(Cl)c(F)c1. The van der Waals surface area contributed by atoms with Crippen LogP contribution >= 0.6 is 11.6 Å². The molecule has 0 aliphatic heterocycles. The number of hydrogen-bond donors (Lipinski definition) is 1. The Morgan fingerprint density at radius 1 is 1.60 bits per heavy atom. The van der Waals surface area contributed by atoms with Gasteiger partial charge in [-0.2, -0.15) is 0 Å². The Hall–Kier alpha value is -0.860. The van der Waals surface area contributed by atoms with Gasteiger partial charge in [0.15, 0.2) is 0 Å². The van der Waals surface area contributed by atoms with E-state index >= 15 is 0 Å². The minimum absolute atomic E-state index is 0.130. The number of allylic oxidation sites excluding steroid dienone is 1. The summed E-state index contributed by atoms with van der Waals surface area (Å²) in [5, 5.41) is 0.130. The van der Waals surface area contributed by atoms with Crippen LogP contribution in [-0.4, -0.2) is 0 Å². The van der Waals surface area contributed by atoms with Crippen molar-refractivity contribution in [1.82, 2.24) is 0 Å². The fourth-order valence-electron chi connectivity index (χ4n) is 1.31. The van der Waals surface area contributed by atoms with Gasteiger partial charge in [0.1, 0.15) is 5.82 Å². The molecule has 0 saturated heterocycles. The van der Waals surface area contributed by atoms with E-state index in [2.05, 4.69) is 6.58 Å². The van der Waals surface area contributed by atoms with Crippen LogP contribution in [0.2, 0.25) is 5.02 Å². The predicted molar refractivity (Wildman–Crippen MR) is 62.4 cm³/mol. The van der Waals surface area contributed by atoms with Crippen molar-refractivity contribution in [3.63, 3.8) is 0 Å². The summed E-state index contributed by atoms with van der Waals surface area (Å²) in [5.41, 5.74) is 7.77. The fourth-order valence-corrected chi connectivity index (χ4v) is 1.43. The highest BCUT2D eigenvalue weighted by molar-refractivity contribution is 6.30. The Morgan fingerprint density at radius 2 is 2.27 bits per heavy atom. The lowest BCUT2D eigenvalue weighted by Gasteiger charge is -2.12. The van der Waals surface area contributed by atoms with E-state index in [1.165, 1.54) is 12.1 Å². The first-order chi connectivity index (χ1) is 7.00. The van der Waals surface area contributed by atoms with Gasteiger partial charge in [-0.05, 0) is 37.5 Å². The normalized spacial score (nSPS) is 12.5. The maximum absolute atomic E-state index is 13.1. The second-order valence-corrected chi connectivity index (χ2v) is 4.18. The lowest BCUT2D eigenvalue weighted by Crippen LogP contribution is -2.10. The van der Waals surface area contributed by atoms with E-state index in [1.54, 1.807) is 6.07 Å². The van der Waals surface area contributed by atoms with Gasteiger partial charge in [-0.25, -0.2) is 4.39 Å². The molecule has 0 amide bonds. The van der Waals surface area contributed by atoms with Crippen LogP contribution in [0.15, 0.2) is 30.4 Å². The summed E-state index contributed by atoms with van der Waals surface area (Å²) in [5.74, 6) is -0.417. The zero-order valence-corrected chi connectivity index (χ0v) is 9.52. The summed E-state index contributed by atoms with van der Waals surface area (Å²) in [6.07, 6.45) is 1.63. The summed E-state index contributed by atoms with van der Waals surface area (Å²) in [4.78, 5) is 0. The maximum Gasteiger partial charge on any atom is 0.142 e. The largest absolute Gasteiger partial charge is 0.324 e. The summed E-state index contributed by atoms with van der Waals surface area (Å²) >= 11 is 5.58. The standard InChI is InChI=1S/C12H15ClFN/c1-8(2)3-6-12(15)9-4-5-10(13)11(14)7-9/h4-5,7,12H,1,3,6,15H2,2H3. The van der Waals surface area contributed by atoms with E-state index in [0.29, 0.717) is 0 Å². The van der Waals surface area contributed by atoms with Crippen molar-refractivity contribution in [1.29, 1.82) is 0 Å². The molecular formula is C12H15ClFN. The van der Waals surface area contributed by atoms with Crippen LogP contribution < -0.4 is 5.73 Å². The molecule has 3 heteroatoms. The molecule has 0 aromatic heterocycles. The minimum Gasteiger partial charge on any atom is -0.324 e. The highest BCUT2D eigenvalue weighted by atomic mass is 35.5. The van der Waals surface area contributed by atoms with Gasteiger partial charge in [-0.1, -0.05) is 23.2 Å². The highest BCUT2D eigenvalue weighted by Gasteiger charge is 2.08. The van der Waals surface area contributed by atoms with Crippen LogP contribution in [0, 0.1) is 5.82 Å². The molecule has 1 atom stereocenters. The third-order valence-electron chi connectivity index (χ3n) is 2.25. The van der Waals surface area contributed by atoms with Crippen LogP contribution in [0.1, 0.15) is 31.4 Å². The van der Waals surface area contributed by atoms with Gasteiger partial charge in [-0.3, -0.25) is 0 Å².